The van der Waals surface area contributed by atoms with Crippen molar-refractivity contribution in [2.75, 3.05) is 0 Å². The first kappa shape index (κ1) is 23.1. The Balaban J connectivity index is 2.64. The highest BCUT2D eigenvalue weighted by atomic mass is 16.1. The maximum Gasteiger partial charge on any atom is 0.144 e. The van der Waals surface area contributed by atoms with E-state index in [1.165, 1.54) is 11.1 Å². The Morgan fingerprint density at radius 2 is 1.45 bits per heavy atom. The minimum Gasteiger partial charge on any atom is -0.299 e. The van der Waals surface area contributed by atoms with Gasteiger partial charge in [-0.25, -0.2) is 0 Å². The van der Waals surface area contributed by atoms with Crippen LogP contribution in [0.2, 0.25) is 0 Å². The lowest BCUT2D eigenvalue weighted by molar-refractivity contribution is -0.123. The van der Waals surface area contributed by atoms with Crippen LogP contribution in [0.3, 0.4) is 0 Å². The monoisotopic (exact) mass is 392 g/mol. The van der Waals surface area contributed by atoms with Gasteiger partial charge in [-0.1, -0.05) is 89.6 Å². The lowest BCUT2D eigenvalue weighted by atomic mass is 9.79. The van der Waals surface area contributed by atoms with Gasteiger partial charge in [0.05, 0.1) is 5.92 Å². The molecule has 0 saturated carbocycles. The van der Waals surface area contributed by atoms with Crippen LogP contribution >= 0.6 is 0 Å². The van der Waals surface area contributed by atoms with E-state index in [1.807, 2.05) is 27.7 Å². The molecule has 2 heteroatoms. The number of aryl methyl sites for hydroxylation is 1. The van der Waals surface area contributed by atoms with Gasteiger partial charge >= 0.3 is 0 Å². The fraction of sp³-hybridized carbons (Fsp3) is 0.481. The molecule has 2 atom stereocenters. The average molecular weight is 393 g/mol. The second-order valence-electron chi connectivity index (χ2n) is 9.00. The van der Waals surface area contributed by atoms with Crippen LogP contribution in [-0.2, 0) is 16.0 Å². The van der Waals surface area contributed by atoms with E-state index in [9.17, 15) is 9.59 Å². The van der Waals surface area contributed by atoms with Gasteiger partial charge in [-0.3, -0.25) is 9.59 Å². The molecule has 2 nitrogen and oxygen atoms in total. The Morgan fingerprint density at radius 1 is 0.862 bits per heavy atom. The number of Topliss-reactive ketones (excluding diaryl/α,β-unsaturated/α-hetero) is 2. The van der Waals surface area contributed by atoms with Crippen molar-refractivity contribution >= 4 is 11.6 Å². The predicted molar refractivity (Wildman–Crippen MR) is 122 cm³/mol. The third-order valence-electron chi connectivity index (χ3n) is 5.69. The van der Waals surface area contributed by atoms with E-state index < -0.39 is 0 Å². The topological polar surface area (TPSA) is 34.1 Å². The van der Waals surface area contributed by atoms with Crippen molar-refractivity contribution in [2.45, 2.75) is 73.1 Å². The van der Waals surface area contributed by atoms with E-state index in [4.69, 9.17) is 0 Å². The molecule has 0 amide bonds. The van der Waals surface area contributed by atoms with E-state index in [2.05, 4.69) is 63.2 Å². The molecule has 29 heavy (non-hydrogen) atoms. The highest BCUT2D eigenvalue weighted by molar-refractivity contribution is 5.90. The van der Waals surface area contributed by atoms with Gasteiger partial charge in [-0.05, 0) is 41.5 Å². The van der Waals surface area contributed by atoms with Crippen molar-refractivity contribution in [3.05, 3.63) is 70.3 Å². The highest BCUT2D eigenvalue weighted by Gasteiger charge is 2.26. The molecule has 0 aliphatic carbocycles. The van der Waals surface area contributed by atoms with E-state index in [-0.39, 0.29) is 29.3 Å². The van der Waals surface area contributed by atoms with Gasteiger partial charge in [-0.2, -0.15) is 0 Å². The fourth-order valence-electron chi connectivity index (χ4n) is 3.94. The largest absolute Gasteiger partial charge is 0.299 e. The van der Waals surface area contributed by atoms with Crippen molar-refractivity contribution in [3.8, 4) is 0 Å². The number of ketones is 2. The van der Waals surface area contributed by atoms with Crippen LogP contribution in [0.15, 0.2) is 42.5 Å². The molecule has 0 heterocycles. The molecule has 2 aromatic rings. The van der Waals surface area contributed by atoms with Gasteiger partial charge < -0.3 is 0 Å². The molecular weight excluding hydrogens is 356 g/mol. The Morgan fingerprint density at radius 3 is 1.97 bits per heavy atom. The number of hydrogen-bond donors (Lipinski definition) is 0. The van der Waals surface area contributed by atoms with Crippen LogP contribution < -0.4 is 0 Å². The van der Waals surface area contributed by atoms with Crippen LogP contribution in [0.5, 0.6) is 0 Å². The second-order valence-corrected chi connectivity index (χ2v) is 9.00. The van der Waals surface area contributed by atoms with Crippen LogP contribution in [0.25, 0.3) is 0 Å². The molecule has 2 aromatic carbocycles. The molecule has 0 spiro atoms. The standard InChI is InChI=1S/C27H36O2/c1-8-25(28)26(21-11-9-19(6)10-12-21)24-16-22(20(7)27(29)18(4)5)13-14-23(24)15-17(2)3/h9-14,16-18,20,26H,8,15H2,1-7H3. The lowest BCUT2D eigenvalue weighted by Gasteiger charge is -2.23. The molecule has 0 aliphatic heterocycles. The first-order valence-electron chi connectivity index (χ1n) is 10.9. The summed E-state index contributed by atoms with van der Waals surface area (Å²) >= 11 is 0. The normalized spacial score (nSPS) is 13.6. The first-order chi connectivity index (χ1) is 13.6. The van der Waals surface area contributed by atoms with E-state index >= 15 is 0 Å². The molecule has 0 bridgehead atoms. The quantitative estimate of drug-likeness (QED) is 0.480. The number of benzene rings is 2. The molecule has 0 N–H and O–H groups in total. The Kier molecular flexibility index (Phi) is 7.96. The highest BCUT2D eigenvalue weighted by Crippen LogP contribution is 2.34. The van der Waals surface area contributed by atoms with Gasteiger partial charge in [0.2, 0.25) is 0 Å². The van der Waals surface area contributed by atoms with Crippen LogP contribution in [0.1, 0.15) is 87.6 Å². The third kappa shape index (κ3) is 5.65. The predicted octanol–water partition coefficient (Wildman–Crippen LogP) is 6.63. The second kappa shape index (κ2) is 10.0. The van der Waals surface area contributed by atoms with Crippen molar-refractivity contribution in [3.63, 3.8) is 0 Å². The molecule has 2 unspecified atom stereocenters. The molecule has 0 fully saturated rings. The van der Waals surface area contributed by atoms with Crippen molar-refractivity contribution in [1.29, 1.82) is 0 Å². The molecule has 0 radical (unpaired) electrons. The van der Waals surface area contributed by atoms with Gasteiger partial charge in [0.15, 0.2) is 0 Å². The summed E-state index contributed by atoms with van der Waals surface area (Å²) in [6.07, 6.45) is 1.41. The number of carbonyl (C=O) groups is 2. The summed E-state index contributed by atoms with van der Waals surface area (Å²) in [4.78, 5) is 25.7. The maximum atomic E-state index is 13.1. The average Bonchev–Trinajstić information content (AvgIpc) is 2.68. The summed E-state index contributed by atoms with van der Waals surface area (Å²) in [6, 6.07) is 14.6. The van der Waals surface area contributed by atoms with Crippen molar-refractivity contribution < 1.29 is 9.59 Å². The molecular formula is C27H36O2. The minimum atomic E-state index is -0.282. The van der Waals surface area contributed by atoms with Crippen LogP contribution in [0, 0.1) is 18.8 Å². The van der Waals surface area contributed by atoms with E-state index in [0.29, 0.717) is 12.3 Å². The van der Waals surface area contributed by atoms with Crippen LogP contribution in [-0.4, -0.2) is 11.6 Å². The van der Waals surface area contributed by atoms with Gasteiger partial charge in [-0.15, -0.1) is 0 Å². The Bertz CT molecular complexity index is 843. The number of hydrogen-bond acceptors (Lipinski definition) is 2. The molecule has 0 aromatic heterocycles. The summed E-state index contributed by atoms with van der Waals surface area (Å²) in [5, 5.41) is 0. The lowest BCUT2D eigenvalue weighted by Crippen LogP contribution is -2.19. The maximum absolute atomic E-state index is 13.1. The summed E-state index contributed by atoms with van der Waals surface area (Å²) in [5.74, 6) is 0.492. The van der Waals surface area contributed by atoms with E-state index in [1.54, 1.807) is 0 Å². The summed E-state index contributed by atoms with van der Waals surface area (Å²) in [6.45, 7) is 14.3. The molecule has 0 saturated heterocycles. The zero-order valence-electron chi connectivity index (χ0n) is 19.1. The third-order valence-corrected chi connectivity index (χ3v) is 5.69. The van der Waals surface area contributed by atoms with Crippen molar-refractivity contribution in [1.82, 2.24) is 0 Å². The Labute approximate surface area is 176 Å². The zero-order valence-corrected chi connectivity index (χ0v) is 19.1. The summed E-state index contributed by atoms with van der Waals surface area (Å²) in [7, 11) is 0. The summed E-state index contributed by atoms with van der Waals surface area (Å²) in [5.41, 5.74) is 5.50. The zero-order chi connectivity index (χ0) is 21.7. The van der Waals surface area contributed by atoms with Crippen molar-refractivity contribution in [2.24, 2.45) is 11.8 Å². The number of carbonyl (C=O) groups excluding carboxylic acids is 2. The Hall–Kier alpha value is -2.22. The molecule has 0 aliphatic rings. The molecule has 2 rings (SSSR count). The van der Waals surface area contributed by atoms with Gasteiger partial charge in [0.1, 0.15) is 11.6 Å². The van der Waals surface area contributed by atoms with Gasteiger partial charge in [0.25, 0.3) is 0 Å². The fourth-order valence-corrected chi connectivity index (χ4v) is 3.94. The SMILES string of the molecule is CCC(=O)C(c1ccc(C)cc1)c1cc(C(C)C(=O)C(C)C)ccc1CC(C)C. The first-order valence-corrected chi connectivity index (χ1v) is 10.9. The van der Waals surface area contributed by atoms with E-state index in [0.717, 1.165) is 23.1 Å². The number of rotatable bonds is 9. The minimum absolute atomic E-state index is 0.00559. The smallest absolute Gasteiger partial charge is 0.144 e. The summed E-state index contributed by atoms with van der Waals surface area (Å²) < 4.78 is 0. The van der Waals surface area contributed by atoms with Crippen LogP contribution in [0.4, 0.5) is 0 Å². The molecule has 156 valence electrons. The van der Waals surface area contributed by atoms with Gasteiger partial charge in [0, 0.05) is 18.3 Å².